The summed E-state index contributed by atoms with van der Waals surface area (Å²) in [5.41, 5.74) is 3.02. The zero-order valence-corrected chi connectivity index (χ0v) is 11.4. The van der Waals surface area contributed by atoms with E-state index >= 15 is 0 Å². The Hall–Kier alpha value is -0.860. The van der Waals surface area contributed by atoms with Crippen LogP contribution in [0.4, 0.5) is 0 Å². The molecule has 0 spiro atoms. The predicted octanol–water partition coefficient (Wildman–Crippen LogP) is 2.75. The van der Waals surface area contributed by atoms with Crippen molar-refractivity contribution in [3.8, 4) is 0 Å². The molecule has 1 aromatic carbocycles. The van der Waals surface area contributed by atoms with Gasteiger partial charge in [0.15, 0.2) is 0 Å². The van der Waals surface area contributed by atoms with Crippen LogP contribution in [0.1, 0.15) is 42.7 Å². The number of rotatable bonds is 4. The van der Waals surface area contributed by atoms with E-state index in [0.717, 1.165) is 18.5 Å². The van der Waals surface area contributed by atoms with Crippen molar-refractivity contribution in [2.24, 2.45) is 0 Å². The van der Waals surface area contributed by atoms with Crippen LogP contribution in [0.2, 0.25) is 0 Å². The summed E-state index contributed by atoms with van der Waals surface area (Å²) in [6.45, 7) is 3.59. The van der Waals surface area contributed by atoms with Crippen molar-refractivity contribution >= 4 is 0 Å². The zero-order valence-electron chi connectivity index (χ0n) is 11.4. The molecule has 18 heavy (non-hydrogen) atoms. The lowest BCUT2D eigenvalue weighted by molar-refractivity contribution is 0.194. The number of hydrogen-bond acceptors (Lipinski definition) is 2. The van der Waals surface area contributed by atoms with Crippen molar-refractivity contribution in [3.05, 3.63) is 35.4 Å². The molecule has 2 nitrogen and oxygen atoms in total. The van der Waals surface area contributed by atoms with Crippen molar-refractivity contribution in [3.63, 3.8) is 0 Å². The normalized spacial score (nSPS) is 22.3. The maximum atomic E-state index is 3.39. The highest BCUT2D eigenvalue weighted by Gasteiger charge is 2.23. The van der Waals surface area contributed by atoms with Gasteiger partial charge in [0.25, 0.3) is 0 Å². The second-order valence-corrected chi connectivity index (χ2v) is 5.85. The third-order valence-corrected chi connectivity index (χ3v) is 4.43. The molecule has 3 rings (SSSR count). The van der Waals surface area contributed by atoms with E-state index in [9.17, 15) is 0 Å². The Bertz CT molecular complexity index is 373. The summed E-state index contributed by atoms with van der Waals surface area (Å²) in [7, 11) is 2.08. The minimum Gasteiger partial charge on any atom is -0.317 e. The molecule has 1 N–H and O–H groups in total. The lowest BCUT2D eigenvalue weighted by Crippen LogP contribution is -2.40. The van der Waals surface area contributed by atoms with E-state index in [0.29, 0.717) is 0 Å². The molecular formula is C16H24N2. The standard InChI is InChI=1S/C16H24N2/c1-17-16-8-10-18(11-9-16)12-13-2-4-14(5-3-13)15-6-7-15/h2-5,15-17H,6-12H2,1H3. The molecule has 1 heterocycles. The van der Waals surface area contributed by atoms with E-state index in [1.807, 2.05) is 0 Å². The number of likely N-dealkylation sites (tertiary alicyclic amines) is 1. The molecule has 0 unspecified atom stereocenters. The monoisotopic (exact) mass is 244 g/mol. The highest BCUT2D eigenvalue weighted by Crippen LogP contribution is 2.39. The molecule has 0 radical (unpaired) electrons. The van der Waals surface area contributed by atoms with E-state index in [-0.39, 0.29) is 0 Å². The molecule has 1 aliphatic carbocycles. The van der Waals surface area contributed by atoms with Gasteiger partial charge < -0.3 is 5.32 Å². The maximum absolute atomic E-state index is 3.39. The first-order valence-electron chi connectivity index (χ1n) is 7.33. The molecule has 98 valence electrons. The average Bonchev–Trinajstić information content (AvgIpc) is 3.25. The Kier molecular flexibility index (Phi) is 3.67. The van der Waals surface area contributed by atoms with E-state index in [1.165, 1.54) is 44.3 Å². The number of nitrogens with zero attached hydrogens (tertiary/aromatic N) is 1. The van der Waals surface area contributed by atoms with E-state index < -0.39 is 0 Å². The summed E-state index contributed by atoms with van der Waals surface area (Å²) in [5, 5.41) is 3.39. The highest BCUT2D eigenvalue weighted by molar-refractivity contribution is 5.28. The summed E-state index contributed by atoms with van der Waals surface area (Å²) >= 11 is 0. The van der Waals surface area contributed by atoms with Crippen molar-refractivity contribution < 1.29 is 0 Å². The summed E-state index contributed by atoms with van der Waals surface area (Å²) < 4.78 is 0. The van der Waals surface area contributed by atoms with Gasteiger partial charge in [-0.15, -0.1) is 0 Å². The van der Waals surface area contributed by atoms with Crippen LogP contribution < -0.4 is 5.32 Å². The number of nitrogens with one attached hydrogen (secondary N) is 1. The minimum absolute atomic E-state index is 0.735. The van der Waals surface area contributed by atoms with E-state index in [2.05, 4.69) is 41.5 Å². The van der Waals surface area contributed by atoms with Crippen LogP contribution in [0.3, 0.4) is 0 Å². The molecule has 1 aliphatic heterocycles. The number of benzene rings is 1. The first kappa shape index (κ1) is 12.2. The topological polar surface area (TPSA) is 15.3 Å². The van der Waals surface area contributed by atoms with Crippen LogP contribution in [-0.4, -0.2) is 31.1 Å². The second-order valence-electron chi connectivity index (χ2n) is 5.85. The van der Waals surface area contributed by atoms with Crippen LogP contribution in [0.15, 0.2) is 24.3 Å². The molecule has 1 aromatic rings. The van der Waals surface area contributed by atoms with E-state index in [1.54, 1.807) is 5.56 Å². The lowest BCUT2D eigenvalue weighted by atomic mass is 10.0. The predicted molar refractivity (Wildman–Crippen MR) is 75.8 cm³/mol. The van der Waals surface area contributed by atoms with Gasteiger partial charge in [-0.25, -0.2) is 0 Å². The Balaban J connectivity index is 1.53. The van der Waals surface area contributed by atoms with Gasteiger partial charge in [-0.3, -0.25) is 4.90 Å². The van der Waals surface area contributed by atoms with Gasteiger partial charge in [0, 0.05) is 12.6 Å². The SMILES string of the molecule is CNC1CCN(Cc2ccc(C3CC3)cc2)CC1. The van der Waals surface area contributed by atoms with Crippen molar-refractivity contribution in [1.82, 2.24) is 10.2 Å². The van der Waals surface area contributed by atoms with Crippen LogP contribution in [0.25, 0.3) is 0 Å². The molecule has 2 aliphatic rings. The van der Waals surface area contributed by atoms with Crippen LogP contribution in [0.5, 0.6) is 0 Å². The molecular weight excluding hydrogens is 220 g/mol. The van der Waals surface area contributed by atoms with Gasteiger partial charge >= 0.3 is 0 Å². The summed E-state index contributed by atoms with van der Waals surface area (Å²) in [4.78, 5) is 2.58. The highest BCUT2D eigenvalue weighted by atomic mass is 15.1. The maximum Gasteiger partial charge on any atom is 0.0233 e. The van der Waals surface area contributed by atoms with Gasteiger partial charge in [0.05, 0.1) is 0 Å². The number of piperidine rings is 1. The van der Waals surface area contributed by atoms with E-state index in [4.69, 9.17) is 0 Å². The third-order valence-electron chi connectivity index (χ3n) is 4.43. The fourth-order valence-electron chi connectivity index (χ4n) is 2.95. The Morgan fingerprint density at radius 2 is 1.72 bits per heavy atom. The van der Waals surface area contributed by atoms with Crippen LogP contribution in [0, 0.1) is 0 Å². The summed E-state index contributed by atoms with van der Waals surface area (Å²) in [6.07, 6.45) is 5.38. The molecule has 1 saturated heterocycles. The van der Waals surface area contributed by atoms with Crippen LogP contribution in [-0.2, 0) is 6.54 Å². The quantitative estimate of drug-likeness (QED) is 0.876. The molecule has 2 heteroatoms. The zero-order chi connectivity index (χ0) is 12.4. The fourth-order valence-corrected chi connectivity index (χ4v) is 2.95. The molecule has 0 atom stereocenters. The minimum atomic E-state index is 0.735. The van der Waals surface area contributed by atoms with Gasteiger partial charge in [-0.2, -0.15) is 0 Å². The van der Waals surface area contributed by atoms with Gasteiger partial charge in [0.2, 0.25) is 0 Å². The molecule has 2 fully saturated rings. The van der Waals surface area contributed by atoms with Crippen molar-refractivity contribution in [2.75, 3.05) is 20.1 Å². The Morgan fingerprint density at radius 1 is 1.06 bits per heavy atom. The largest absolute Gasteiger partial charge is 0.317 e. The second kappa shape index (κ2) is 5.41. The van der Waals surface area contributed by atoms with Gasteiger partial charge in [-0.05, 0) is 62.9 Å². The molecule has 0 amide bonds. The first-order chi connectivity index (χ1) is 8.85. The molecule has 0 aromatic heterocycles. The molecule has 1 saturated carbocycles. The summed E-state index contributed by atoms with van der Waals surface area (Å²) in [5.74, 6) is 0.880. The summed E-state index contributed by atoms with van der Waals surface area (Å²) in [6, 6.07) is 10.1. The average molecular weight is 244 g/mol. The Morgan fingerprint density at radius 3 is 2.28 bits per heavy atom. The van der Waals surface area contributed by atoms with Gasteiger partial charge in [0.1, 0.15) is 0 Å². The first-order valence-corrected chi connectivity index (χ1v) is 7.33. The lowest BCUT2D eigenvalue weighted by Gasteiger charge is -2.31. The fraction of sp³-hybridized carbons (Fsp3) is 0.625. The Labute approximate surface area is 110 Å². The van der Waals surface area contributed by atoms with Crippen LogP contribution >= 0.6 is 0 Å². The van der Waals surface area contributed by atoms with Gasteiger partial charge in [-0.1, -0.05) is 24.3 Å². The number of hydrogen-bond donors (Lipinski definition) is 1. The van der Waals surface area contributed by atoms with Crippen molar-refractivity contribution in [1.29, 1.82) is 0 Å². The molecule has 0 bridgehead atoms. The third kappa shape index (κ3) is 2.93. The smallest absolute Gasteiger partial charge is 0.0233 e. The van der Waals surface area contributed by atoms with Crippen molar-refractivity contribution in [2.45, 2.75) is 44.2 Å².